The Bertz CT molecular complexity index is 302. The molecule has 0 aliphatic carbocycles. The molecule has 0 fully saturated rings. The van der Waals surface area contributed by atoms with Gasteiger partial charge in [0.2, 0.25) is 0 Å². The molecule has 0 saturated heterocycles. The fourth-order valence-corrected chi connectivity index (χ4v) is 1.72. The van der Waals surface area contributed by atoms with Gasteiger partial charge in [-0.15, -0.1) is 0 Å². The van der Waals surface area contributed by atoms with Crippen molar-refractivity contribution in [3.05, 3.63) is 22.9 Å². The lowest BCUT2D eigenvalue weighted by atomic mass is 10.3. The number of hydrogen-bond acceptors (Lipinski definition) is 3. The van der Waals surface area contributed by atoms with Gasteiger partial charge in [0, 0.05) is 24.3 Å². The van der Waals surface area contributed by atoms with E-state index in [0.29, 0.717) is 0 Å². The van der Waals surface area contributed by atoms with Crippen LogP contribution in [-0.2, 0) is 0 Å². The summed E-state index contributed by atoms with van der Waals surface area (Å²) in [5.74, 6) is 0. The van der Waals surface area contributed by atoms with Crippen LogP contribution in [0.2, 0.25) is 0 Å². The molecule has 0 N–H and O–H groups in total. The molecule has 84 valence electrons. The van der Waals surface area contributed by atoms with Gasteiger partial charge in [-0.2, -0.15) is 0 Å². The van der Waals surface area contributed by atoms with Crippen LogP contribution in [0.5, 0.6) is 0 Å². The summed E-state index contributed by atoms with van der Waals surface area (Å²) < 4.78 is 1.03. The molecular formula is C11H18BrN3. The average Bonchev–Trinajstić information content (AvgIpc) is 2.17. The molecule has 1 aromatic heterocycles. The Kier molecular flexibility index (Phi) is 5.05. The van der Waals surface area contributed by atoms with Crippen LogP contribution in [0, 0.1) is 0 Å². The first-order valence-corrected chi connectivity index (χ1v) is 5.85. The third-order valence-electron chi connectivity index (χ3n) is 2.23. The summed E-state index contributed by atoms with van der Waals surface area (Å²) in [6.45, 7) is 2.17. The molecule has 0 aliphatic heterocycles. The van der Waals surface area contributed by atoms with E-state index in [4.69, 9.17) is 0 Å². The van der Waals surface area contributed by atoms with E-state index in [-0.39, 0.29) is 0 Å². The first-order chi connectivity index (χ1) is 7.09. The second kappa shape index (κ2) is 6.08. The summed E-state index contributed by atoms with van der Waals surface area (Å²) in [4.78, 5) is 8.57. The minimum absolute atomic E-state index is 1.03. The largest absolute Gasteiger partial charge is 0.373 e. The highest BCUT2D eigenvalue weighted by molar-refractivity contribution is 9.10. The minimum atomic E-state index is 1.03. The number of aromatic nitrogens is 1. The smallest absolute Gasteiger partial charge is 0.0561 e. The fraction of sp³-hybridized carbons (Fsp3) is 0.545. The maximum atomic E-state index is 4.15. The Morgan fingerprint density at radius 2 is 1.93 bits per heavy atom. The quantitative estimate of drug-likeness (QED) is 0.819. The topological polar surface area (TPSA) is 19.4 Å². The molecule has 15 heavy (non-hydrogen) atoms. The Labute approximate surface area is 100 Å². The summed E-state index contributed by atoms with van der Waals surface area (Å²) in [5, 5.41) is 0. The van der Waals surface area contributed by atoms with Gasteiger partial charge in [-0.25, -0.2) is 0 Å². The maximum absolute atomic E-state index is 4.15. The van der Waals surface area contributed by atoms with Crippen molar-refractivity contribution in [2.24, 2.45) is 0 Å². The highest BCUT2D eigenvalue weighted by atomic mass is 79.9. The van der Waals surface area contributed by atoms with Gasteiger partial charge in [-0.3, -0.25) is 4.98 Å². The summed E-state index contributed by atoms with van der Waals surface area (Å²) in [7, 11) is 6.29. The van der Waals surface area contributed by atoms with Gasteiger partial charge >= 0.3 is 0 Å². The molecular weight excluding hydrogens is 254 g/mol. The van der Waals surface area contributed by atoms with Crippen LogP contribution in [0.1, 0.15) is 6.42 Å². The van der Waals surface area contributed by atoms with Crippen molar-refractivity contribution in [3.8, 4) is 0 Å². The molecule has 0 unspecified atom stereocenters. The number of halogens is 1. The summed E-state index contributed by atoms with van der Waals surface area (Å²) >= 11 is 3.42. The molecule has 1 rings (SSSR count). The van der Waals surface area contributed by atoms with Crippen molar-refractivity contribution < 1.29 is 0 Å². The van der Waals surface area contributed by atoms with Gasteiger partial charge in [0.15, 0.2) is 0 Å². The van der Waals surface area contributed by atoms with E-state index < -0.39 is 0 Å². The van der Waals surface area contributed by atoms with Gasteiger partial charge in [-0.05, 0) is 49.1 Å². The molecule has 0 aromatic carbocycles. The molecule has 4 heteroatoms. The number of anilines is 1. The van der Waals surface area contributed by atoms with Crippen molar-refractivity contribution in [1.82, 2.24) is 9.88 Å². The number of nitrogens with zero attached hydrogens (tertiary/aromatic N) is 3. The lowest BCUT2D eigenvalue weighted by Gasteiger charge is -2.20. The van der Waals surface area contributed by atoms with Gasteiger partial charge < -0.3 is 9.80 Å². The van der Waals surface area contributed by atoms with Crippen LogP contribution in [0.3, 0.4) is 0 Å². The molecule has 1 heterocycles. The van der Waals surface area contributed by atoms with Crippen molar-refractivity contribution >= 4 is 21.6 Å². The predicted molar refractivity (Wildman–Crippen MR) is 68.4 cm³/mol. The van der Waals surface area contributed by atoms with Crippen molar-refractivity contribution in [2.45, 2.75) is 6.42 Å². The average molecular weight is 272 g/mol. The van der Waals surface area contributed by atoms with Gasteiger partial charge in [0.25, 0.3) is 0 Å². The molecule has 0 spiro atoms. The Hall–Kier alpha value is -0.610. The van der Waals surface area contributed by atoms with Gasteiger partial charge in [0.1, 0.15) is 0 Å². The molecule has 0 saturated carbocycles. The highest BCUT2D eigenvalue weighted by Gasteiger charge is 2.01. The zero-order valence-corrected chi connectivity index (χ0v) is 11.2. The van der Waals surface area contributed by atoms with E-state index in [0.717, 1.165) is 29.7 Å². The highest BCUT2D eigenvalue weighted by Crippen LogP contribution is 2.16. The lowest BCUT2D eigenvalue weighted by Crippen LogP contribution is -2.23. The molecule has 0 bridgehead atoms. The molecule has 0 amide bonds. The Balaban J connectivity index is 2.43. The third-order valence-corrected chi connectivity index (χ3v) is 2.66. The molecule has 0 atom stereocenters. The van der Waals surface area contributed by atoms with E-state index in [1.807, 2.05) is 6.20 Å². The first-order valence-electron chi connectivity index (χ1n) is 5.06. The van der Waals surface area contributed by atoms with E-state index in [9.17, 15) is 0 Å². The zero-order valence-electron chi connectivity index (χ0n) is 9.57. The van der Waals surface area contributed by atoms with Gasteiger partial charge in [-0.1, -0.05) is 0 Å². The maximum Gasteiger partial charge on any atom is 0.0561 e. The van der Waals surface area contributed by atoms with Crippen molar-refractivity contribution in [3.63, 3.8) is 0 Å². The van der Waals surface area contributed by atoms with Crippen LogP contribution >= 0.6 is 15.9 Å². The van der Waals surface area contributed by atoms with E-state index in [2.05, 4.69) is 57.9 Å². The van der Waals surface area contributed by atoms with Crippen LogP contribution in [0.25, 0.3) is 0 Å². The van der Waals surface area contributed by atoms with Crippen LogP contribution in [0.15, 0.2) is 22.9 Å². The van der Waals surface area contributed by atoms with Crippen LogP contribution < -0.4 is 4.90 Å². The SMILES string of the molecule is CN(C)CCCN(C)c1cncc(Br)c1. The summed E-state index contributed by atoms with van der Waals surface area (Å²) in [5.41, 5.74) is 1.16. The monoisotopic (exact) mass is 271 g/mol. The molecule has 1 aromatic rings. The van der Waals surface area contributed by atoms with Crippen LogP contribution in [-0.4, -0.2) is 44.1 Å². The fourth-order valence-electron chi connectivity index (χ4n) is 1.36. The van der Waals surface area contributed by atoms with E-state index >= 15 is 0 Å². The predicted octanol–water partition coefficient (Wildman–Crippen LogP) is 2.23. The second-order valence-electron chi connectivity index (χ2n) is 3.94. The van der Waals surface area contributed by atoms with E-state index in [1.165, 1.54) is 0 Å². The standard InChI is InChI=1S/C11H18BrN3/c1-14(2)5-4-6-15(3)11-7-10(12)8-13-9-11/h7-9H,4-6H2,1-3H3. The van der Waals surface area contributed by atoms with Crippen molar-refractivity contribution in [2.75, 3.05) is 39.1 Å². The molecule has 3 nitrogen and oxygen atoms in total. The van der Waals surface area contributed by atoms with E-state index in [1.54, 1.807) is 6.20 Å². The lowest BCUT2D eigenvalue weighted by molar-refractivity contribution is 0.401. The molecule has 0 radical (unpaired) electrons. The third kappa shape index (κ3) is 4.62. The summed E-state index contributed by atoms with van der Waals surface area (Å²) in [6, 6.07) is 2.09. The summed E-state index contributed by atoms with van der Waals surface area (Å²) in [6.07, 6.45) is 4.85. The number of rotatable bonds is 5. The normalized spacial score (nSPS) is 10.7. The molecule has 0 aliphatic rings. The second-order valence-corrected chi connectivity index (χ2v) is 4.86. The van der Waals surface area contributed by atoms with Crippen LogP contribution in [0.4, 0.5) is 5.69 Å². The zero-order chi connectivity index (χ0) is 11.3. The number of hydrogen-bond donors (Lipinski definition) is 0. The Morgan fingerprint density at radius 3 is 2.53 bits per heavy atom. The van der Waals surface area contributed by atoms with Gasteiger partial charge in [0.05, 0.1) is 11.9 Å². The van der Waals surface area contributed by atoms with Crippen molar-refractivity contribution in [1.29, 1.82) is 0 Å². The first kappa shape index (κ1) is 12.5. The Morgan fingerprint density at radius 1 is 1.20 bits per heavy atom. The minimum Gasteiger partial charge on any atom is -0.373 e. The number of pyridine rings is 1.